The summed E-state index contributed by atoms with van der Waals surface area (Å²) in [5.74, 6) is 5.29. The minimum absolute atomic E-state index is 0.734. The van der Waals surface area contributed by atoms with Gasteiger partial charge in [-0.1, -0.05) is 5.92 Å². The second-order valence-corrected chi connectivity index (χ2v) is 4.30. The Morgan fingerprint density at radius 1 is 1.62 bits per heavy atom. The molecule has 0 radical (unpaired) electrons. The van der Waals surface area contributed by atoms with E-state index in [9.17, 15) is 0 Å². The van der Waals surface area contributed by atoms with Crippen LogP contribution < -0.4 is 5.32 Å². The van der Waals surface area contributed by atoms with Gasteiger partial charge in [0.25, 0.3) is 0 Å². The minimum Gasteiger partial charge on any atom is -0.381 e. The first-order chi connectivity index (χ1) is 6.43. The largest absolute Gasteiger partial charge is 0.381 e. The Hall–Kier alpha value is -0.170. The third kappa shape index (κ3) is 5.20. The number of ether oxygens (including phenoxy) is 1. The first-order valence-electron chi connectivity index (χ1n) is 4.73. The maximum absolute atomic E-state index is 5.28. The van der Waals surface area contributed by atoms with Crippen LogP contribution in [-0.4, -0.2) is 37.8 Å². The summed E-state index contributed by atoms with van der Waals surface area (Å²) in [7, 11) is 0. The van der Waals surface area contributed by atoms with Gasteiger partial charge in [-0.25, -0.2) is 0 Å². The predicted molar refractivity (Wildman–Crippen MR) is 58.0 cm³/mol. The zero-order valence-corrected chi connectivity index (χ0v) is 8.74. The van der Waals surface area contributed by atoms with Crippen molar-refractivity contribution in [3.63, 3.8) is 0 Å². The molecule has 74 valence electrons. The summed E-state index contributed by atoms with van der Waals surface area (Å²) in [6, 6.07) is 0. The van der Waals surface area contributed by atoms with Gasteiger partial charge in [0.15, 0.2) is 0 Å². The van der Waals surface area contributed by atoms with Crippen LogP contribution in [0.25, 0.3) is 0 Å². The van der Waals surface area contributed by atoms with Crippen LogP contribution in [0.5, 0.6) is 0 Å². The quantitative estimate of drug-likeness (QED) is 0.509. The minimum atomic E-state index is 0.734. The van der Waals surface area contributed by atoms with Gasteiger partial charge in [-0.05, 0) is 12.3 Å². The van der Waals surface area contributed by atoms with Crippen molar-refractivity contribution < 1.29 is 4.74 Å². The molecule has 1 aliphatic rings. The molecular formula is C10H17NOS. The topological polar surface area (TPSA) is 21.3 Å². The monoisotopic (exact) mass is 199 g/mol. The molecule has 1 saturated heterocycles. The molecule has 1 aliphatic heterocycles. The van der Waals surface area contributed by atoms with Gasteiger partial charge < -0.3 is 10.1 Å². The molecule has 2 nitrogen and oxygen atoms in total. The molecule has 0 amide bonds. The average molecular weight is 199 g/mol. The van der Waals surface area contributed by atoms with Crippen LogP contribution in [-0.2, 0) is 4.74 Å². The van der Waals surface area contributed by atoms with Gasteiger partial charge >= 0.3 is 0 Å². The number of hydrogen-bond donors (Lipinski definition) is 1. The summed E-state index contributed by atoms with van der Waals surface area (Å²) in [6.07, 6.45) is 6.35. The van der Waals surface area contributed by atoms with Crippen LogP contribution in [0.2, 0.25) is 0 Å². The van der Waals surface area contributed by atoms with Gasteiger partial charge in [-0.3, -0.25) is 0 Å². The van der Waals surface area contributed by atoms with Gasteiger partial charge in [0.2, 0.25) is 0 Å². The number of terminal acetylenes is 1. The highest BCUT2D eigenvalue weighted by molar-refractivity contribution is 7.99. The highest BCUT2D eigenvalue weighted by atomic mass is 32.2. The maximum Gasteiger partial charge on any atom is 0.0545 e. The van der Waals surface area contributed by atoms with Crippen LogP contribution in [0.3, 0.4) is 0 Å². The molecule has 0 aliphatic carbocycles. The van der Waals surface area contributed by atoms with E-state index in [2.05, 4.69) is 11.2 Å². The molecule has 1 rings (SSSR count). The van der Waals surface area contributed by atoms with Crippen molar-refractivity contribution >= 4 is 11.8 Å². The molecule has 3 heteroatoms. The van der Waals surface area contributed by atoms with E-state index in [-0.39, 0.29) is 0 Å². The van der Waals surface area contributed by atoms with E-state index in [0.29, 0.717) is 0 Å². The fraction of sp³-hybridized carbons (Fsp3) is 0.800. The van der Waals surface area contributed by atoms with E-state index >= 15 is 0 Å². The first-order valence-corrected chi connectivity index (χ1v) is 5.88. The molecular weight excluding hydrogens is 182 g/mol. The highest BCUT2D eigenvalue weighted by Crippen LogP contribution is 2.10. The van der Waals surface area contributed by atoms with E-state index in [4.69, 9.17) is 11.2 Å². The van der Waals surface area contributed by atoms with Crippen LogP contribution >= 0.6 is 11.8 Å². The summed E-state index contributed by atoms with van der Waals surface area (Å²) in [6.45, 7) is 4.03. The Morgan fingerprint density at radius 2 is 2.54 bits per heavy atom. The molecule has 1 atom stereocenters. The Bertz CT molecular complexity index is 161. The molecule has 13 heavy (non-hydrogen) atoms. The zero-order valence-electron chi connectivity index (χ0n) is 7.92. The molecule has 0 aromatic rings. The van der Waals surface area contributed by atoms with Gasteiger partial charge in [0.1, 0.15) is 0 Å². The lowest BCUT2D eigenvalue weighted by Crippen LogP contribution is -2.25. The van der Waals surface area contributed by atoms with E-state index < -0.39 is 0 Å². The standard InChI is InChI=1S/C10H17NOS/c1-2-6-13-7-4-11-8-10-3-5-12-9-10/h1,10-11H,3-9H2. The Morgan fingerprint density at radius 3 is 3.23 bits per heavy atom. The third-order valence-corrected chi connectivity index (χ3v) is 2.93. The normalized spacial score (nSPS) is 21.6. The summed E-state index contributed by atoms with van der Waals surface area (Å²) >= 11 is 1.81. The third-order valence-electron chi connectivity index (χ3n) is 2.07. The number of rotatable bonds is 6. The molecule has 1 unspecified atom stereocenters. The fourth-order valence-corrected chi connectivity index (χ4v) is 1.88. The molecule has 0 aromatic carbocycles. The van der Waals surface area contributed by atoms with Gasteiger partial charge in [-0.2, -0.15) is 0 Å². The van der Waals surface area contributed by atoms with E-state index in [0.717, 1.165) is 43.7 Å². The van der Waals surface area contributed by atoms with Crippen molar-refractivity contribution in [2.45, 2.75) is 6.42 Å². The van der Waals surface area contributed by atoms with E-state index in [1.165, 1.54) is 6.42 Å². The molecule has 0 spiro atoms. The molecule has 1 N–H and O–H groups in total. The average Bonchev–Trinajstić information content (AvgIpc) is 2.63. The van der Waals surface area contributed by atoms with Crippen LogP contribution in [0, 0.1) is 18.3 Å². The SMILES string of the molecule is C#CCSCCNCC1CCOC1. The lowest BCUT2D eigenvalue weighted by Gasteiger charge is -2.08. The molecule has 0 saturated carbocycles. The Kier molecular flexibility index (Phi) is 6.09. The van der Waals surface area contributed by atoms with E-state index in [1.807, 2.05) is 0 Å². The fourth-order valence-electron chi connectivity index (χ4n) is 1.33. The van der Waals surface area contributed by atoms with Crippen molar-refractivity contribution in [2.24, 2.45) is 5.92 Å². The molecule has 0 bridgehead atoms. The smallest absolute Gasteiger partial charge is 0.0545 e. The number of thioether (sulfide) groups is 1. The summed E-state index contributed by atoms with van der Waals surface area (Å²) in [5, 5.41) is 3.42. The number of hydrogen-bond acceptors (Lipinski definition) is 3. The zero-order chi connectivity index (χ0) is 9.36. The van der Waals surface area contributed by atoms with Crippen molar-refractivity contribution in [1.82, 2.24) is 5.32 Å². The predicted octanol–water partition coefficient (Wildman–Crippen LogP) is 0.979. The highest BCUT2D eigenvalue weighted by Gasteiger charge is 2.14. The lowest BCUT2D eigenvalue weighted by molar-refractivity contribution is 0.185. The first kappa shape index (κ1) is 10.9. The van der Waals surface area contributed by atoms with Crippen molar-refractivity contribution in [1.29, 1.82) is 0 Å². The van der Waals surface area contributed by atoms with Gasteiger partial charge in [0.05, 0.1) is 12.4 Å². The lowest BCUT2D eigenvalue weighted by atomic mass is 10.1. The van der Waals surface area contributed by atoms with E-state index in [1.54, 1.807) is 11.8 Å². The second kappa shape index (κ2) is 7.25. The molecule has 1 heterocycles. The Balaban J connectivity index is 1.81. The number of nitrogens with one attached hydrogen (secondary N) is 1. The van der Waals surface area contributed by atoms with Crippen LogP contribution in [0.15, 0.2) is 0 Å². The van der Waals surface area contributed by atoms with Gasteiger partial charge in [0, 0.05) is 25.4 Å². The van der Waals surface area contributed by atoms with Crippen molar-refractivity contribution in [3.05, 3.63) is 0 Å². The van der Waals surface area contributed by atoms with Crippen LogP contribution in [0.4, 0.5) is 0 Å². The summed E-state index contributed by atoms with van der Waals surface area (Å²) < 4.78 is 5.28. The van der Waals surface area contributed by atoms with Crippen molar-refractivity contribution in [3.8, 4) is 12.3 Å². The second-order valence-electron chi connectivity index (χ2n) is 3.19. The maximum atomic E-state index is 5.28. The Labute approximate surface area is 84.8 Å². The molecule has 1 fully saturated rings. The molecule has 0 aromatic heterocycles. The van der Waals surface area contributed by atoms with Crippen LogP contribution in [0.1, 0.15) is 6.42 Å². The van der Waals surface area contributed by atoms with Crippen molar-refractivity contribution in [2.75, 3.05) is 37.8 Å². The summed E-state index contributed by atoms with van der Waals surface area (Å²) in [5.41, 5.74) is 0. The van der Waals surface area contributed by atoms with Gasteiger partial charge in [-0.15, -0.1) is 18.2 Å². The summed E-state index contributed by atoms with van der Waals surface area (Å²) in [4.78, 5) is 0.